The van der Waals surface area contributed by atoms with Gasteiger partial charge in [-0.1, -0.05) is 24.3 Å². The van der Waals surface area contributed by atoms with Crippen molar-refractivity contribution in [2.24, 2.45) is 5.84 Å². The van der Waals surface area contributed by atoms with Gasteiger partial charge in [-0.05, 0) is 24.6 Å². The number of hydrogen-bond donors (Lipinski definition) is 2. The van der Waals surface area contributed by atoms with Crippen molar-refractivity contribution in [1.29, 1.82) is 0 Å². The summed E-state index contributed by atoms with van der Waals surface area (Å²) in [6.07, 6.45) is 0. The minimum atomic E-state index is -0.918. The van der Waals surface area contributed by atoms with Crippen LogP contribution in [0, 0.1) is 18.6 Å². The lowest BCUT2D eigenvalue weighted by atomic mass is 9.96. The highest BCUT2D eigenvalue weighted by Crippen LogP contribution is 2.32. The fraction of sp³-hybridized carbons (Fsp3) is 0.200. The summed E-state index contributed by atoms with van der Waals surface area (Å²) in [5.41, 5.74) is 4.29. The number of ether oxygens (including phenoxy) is 1. The van der Waals surface area contributed by atoms with Crippen molar-refractivity contribution in [3.8, 4) is 5.75 Å². The van der Waals surface area contributed by atoms with Crippen LogP contribution in [0.3, 0.4) is 0 Å². The van der Waals surface area contributed by atoms with Crippen molar-refractivity contribution in [1.82, 2.24) is 5.43 Å². The Morgan fingerprint density at radius 3 is 2.55 bits per heavy atom. The summed E-state index contributed by atoms with van der Waals surface area (Å²) in [5.74, 6) is 4.26. The zero-order valence-corrected chi connectivity index (χ0v) is 11.3. The Hall–Kier alpha value is -1.98. The molecule has 0 saturated heterocycles. The molecule has 20 heavy (non-hydrogen) atoms. The van der Waals surface area contributed by atoms with Gasteiger partial charge in [0.2, 0.25) is 0 Å². The van der Waals surface area contributed by atoms with Crippen molar-refractivity contribution >= 4 is 0 Å². The molecule has 0 radical (unpaired) electrons. The van der Waals surface area contributed by atoms with Crippen molar-refractivity contribution in [3.63, 3.8) is 0 Å². The molecule has 0 amide bonds. The number of rotatable bonds is 4. The lowest BCUT2D eigenvalue weighted by molar-refractivity contribution is 0.402. The molecule has 3 N–H and O–H groups in total. The molecule has 0 spiro atoms. The third-order valence-corrected chi connectivity index (χ3v) is 3.16. The largest absolute Gasteiger partial charge is 0.496 e. The highest BCUT2D eigenvalue weighted by Gasteiger charge is 2.21. The van der Waals surface area contributed by atoms with Crippen LogP contribution in [0.25, 0.3) is 0 Å². The van der Waals surface area contributed by atoms with Crippen LogP contribution in [0.15, 0.2) is 36.4 Å². The Bertz CT molecular complexity index is 617. The van der Waals surface area contributed by atoms with Gasteiger partial charge in [0.05, 0.1) is 13.2 Å². The average molecular weight is 278 g/mol. The zero-order chi connectivity index (χ0) is 14.7. The predicted molar refractivity (Wildman–Crippen MR) is 73.3 cm³/mol. The molecule has 0 bridgehead atoms. The number of benzene rings is 2. The molecule has 1 unspecified atom stereocenters. The molecule has 0 fully saturated rings. The van der Waals surface area contributed by atoms with E-state index in [2.05, 4.69) is 5.43 Å². The first-order valence-corrected chi connectivity index (χ1v) is 6.13. The van der Waals surface area contributed by atoms with E-state index in [1.54, 1.807) is 6.07 Å². The van der Waals surface area contributed by atoms with Crippen molar-refractivity contribution in [2.75, 3.05) is 7.11 Å². The van der Waals surface area contributed by atoms with E-state index in [0.29, 0.717) is 11.3 Å². The molecule has 3 nitrogen and oxygen atoms in total. The van der Waals surface area contributed by atoms with Crippen LogP contribution in [0.1, 0.15) is 22.7 Å². The van der Waals surface area contributed by atoms with Crippen LogP contribution in [0.2, 0.25) is 0 Å². The quantitative estimate of drug-likeness (QED) is 0.668. The highest BCUT2D eigenvalue weighted by molar-refractivity contribution is 5.44. The third kappa shape index (κ3) is 2.64. The lowest BCUT2D eigenvalue weighted by Crippen LogP contribution is -2.30. The third-order valence-electron chi connectivity index (χ3n) is 3.16. The summed E-state index contributed by atoms with van der Waals surface area (Å²) in [6, 6.07) is 8.76. The molecule has 1 atom stereocenters. The second-order valence-electron chi connectivity index (χ2n) is 4.49. The molecule has 106 valence electrons. The molecular weight excluding hydrogens is 262 g/mol. The van der Waals surface area contributed by atoms with Crippen LogP contribution in [0.4, 0.5) is 8.78 Å². The van der Waals surface area contributed by atoms with Gasteiger partial charge in [0.15, 0.2) is 11.6 Å². The molecule has 2 aromatic carbocycles. The van der Waals surface area contributed by atoms with Gasteiger partial charge < -0.3 is 4.74 Å². The average Bonchev–Trinajstić information content (AvgIpc) is 2.45. The number of nitrogens with two attached hydrogens (primary N) is 1. The van der Waals surface area contributed by atoms with Crippen molar-refractivity contribution in [3.05, 3.63) is 64.7 Å². The monoisotopic (exact) mass is 278 g/mol. The maximum absolute atomic E-state index is 13.9. The minimum absolute atomic E-state index is 0.134. The summed E-state index contributed by atoms with van der Waals surface area (Å²) in [7, 11) is 1.52. The van der Waals surface area contributed by atoms with Gasteiger partial charge in [-0.3, -0.25) is 5.84 Å². The Kier molecular flexibility index (Phi) is 4.32. The number of halogens is 2. The predicted octanol–water partition coefficient (Wildman–Crippen LogP) is 2.83. The van der Waals surface area contributed by atoms with E-state index < -0.39 is 17.7 Å². The normalized spacial score (nSPS) is 12.2. The van der Waals surface area contributed by atoms with Gasteiger partial charge in [0.1, 0.15) is 5.75 Å². The fourth-order valence-electron chi connectivity index (χ4n) is 2.15. The second kappa shape index (κ2) is 5.98. The van der Waals surface area contributed by atoms with Crippen LogP contribution < -0.4 is 16.0 Å². The molecule has 0 aliphatic rings. The van der Waals surface area contributed by atoms with Gasteiger partial charge in [-0.25, -0.2) is 14.2 Å². The maximum Gasteiger partial charge on any atom is 0.163 e. The standard InChI is InChI=1S/C15H16F2N2O/c1-9-6-7-10(13(8-9)20-2)15(19-18)11-4-3-5-12(16)14(11)17/h3-8,15,19H,18H2,1-2H3. The van der Waals surface area contributed by atoms with Crippen molar-refractivity contribution in [2.45, 2.75) is 13.0 Å². The molecule has 0 saturated carbocycles. The molecule has 2 rings (SSSR count). The summed E-state index contributed by atoms with van der Waals surface area (Å²) in [5, 5.41) is 0. The Morgan fingerprint density at radius 1 is 1.15 bits per heavy atom. The van der Waals surface area contributed by atoms with E-state index in [1.165, 1.54) is 19.2 Å². The van der Waals surface area contributed by atoms with Gasteiger partial charge in [0, 0.05) is 11.1 Å². The number of nitrogens with one attached hydrogen (secondary N) is 1. The maximum atomic E-state index is 13.9. The molecular formula is C15H16F2N2O. The van der Waals surface area contributed by atoms with Gasteiger partial charge >= 0.3 is 0 Å². The number of methoxy groups -OCH3 is 1. The summed E-state index contributed by atoms with van der Waals surface area (Å²) in [6.45, 7) is 1.92. The van der Waals surface area contributed by atoms with E-state index in [0.717, 1.165) is 11.6 Å². The number of hydrazine groups is 1. The molecule has 0 aliphatic heterocycles. The van der Waals surface area contributed by atoms with E-state index in [9.17, 15) is 8.78 Å². The van der Waals surface area contributed by atoms with E-state index in [-0.39, 0.29) is 5.56 Å². The van der Waals surface area contributed by atoms with Gasteiger partial charge in [-0.2, -0.15) is 0 Å². The summed E-state index contributed by atoms with van der Waals surface area (Å²) < 4.78 is 32.6. The first-order valence-electron chi connectivity index (χ1n) is 6.13. The first kappa shape index (κ1) is 14.4. The van der Waals surface area contributed by atoms with Crippen LogP contribution in [0.5, 0.6) is 5.75 Å². The molecule has 5 heteroatoms. The summed E-state index contributed by atoms with van der Waals surface area (Å²) >= 11 is 0. The Labute approximate surface area is 116 Å². The molecule has 0 heterocycles. The summed E-state index contributed by atoms with van der Waals surface area (Å²) in [4.78, 5) is 0. The van der Waals surface area contributed by atoms with Crippen LogP contribution in [-0.2, 0) is 0 Å². The molecule has 2 aromatic rings. The van der Waals surface area contributed by atoms with Crippen LogP contribution >= 0.6 is 0 Å². The SMILES string of the molecule is COc1cc(C)ccc1C(NN)c1cccc(F)c1F. The Balaban J connectivity index is 2.55. The second-order valence-corrected chi connectivity index (χ2v) is 4.49. The smallest absolute Gasteiger partial charge is 0.163 e. The number of hydrogen-bond acceptors (Lipinski definition) is 3. The Morgan fingerprint density at radius 2 is 1.90 bits per heavy atom. The van der Waals surface area contributed by atoms with Crippen LogP contribution in [-0.4, -0.2) is 7.11 Å². The zero-order valence-electron chi connectivity index (χ0n) is 11.3. The van der Waals surface area contributed by atoms with Gasteiger partial charge in [-0.15, -0.1) is 0 Å². The minimum Gasteiger partial charge on any atom is -0.496 e. The topological polar surface area (TPSA) is 47.3 Å². The first-order chi connectivity index (χ1) is 9.58. The van der Waals surface area contributed by atoms with E-state index >= 15 is 0 Å². The van der Waals surface area contributed by atoms with E-state index in [1.807, 2.05) is 19.1 Å². The van der Waals surface area contributed by atoms with Gasteiger partial charge in [0.25, 0.3) is 0 Å². The fourth-order valence-corrected chi connectivity index (χ4v) is 2.15. The lowest BCUT2D eigenvalue weighted by Gasteiger charge is -2.20. The number of aryl methyl sites for hydroxylation is 1. The van der Waals surface area contributed by atoms with E-state index in [4.69, 9.17) is 10.6 Å². The molecule has 0 aliphatic carbocycles. The highest BCUT2D eigenvalue weighted by atomic mass is 19.2. The van der Waals surface area contributed by atoms with Crippen molar-refractivity contribution < 1.29 is 13.5 Å². The molecule has 0 aromatic heterocycles.